The fraction of sp³-hybridized carbons (Fsp3) is 0.778. The third-order valence-corrected chi connectivity index (χ3v) is 4.31. The van der Waals surface area contributed by atoms with Crippen LogP contribution in [0.2, 0.25) is 5.28 Å². The number of aromatic nitrogens is 3. The van der Waals surface area contributed by atoms with Crippen molar-refractivity contribution in [3.8, 4) is 0 Å². The molecule has 1 aromatic heterocycles. The average Bonchev–Trinajstić information content (AvgIpc) is 2.65. The molecule has 2 rings (SSSR count). The van der Waals surface area contributed by atoms with Crippen LogP contribution in [-0.2, 0) is 0 Å². The van der Waals surface area contributed by atoms with Crippen LogP contribution >= 0.6 is 23.4 Å². The highest BCUT2D eigenvalue weighted by atomic mass is 35.5. The summed E-state index contributed by atoms with van der Waals surface area (Å²) < 4.78 is 2.00. The van der Waals surface area contributed by atoms with Crippen LogP contribution in [-0.4, -0.2) is 26.3 Å². The maximum Gasteiger partial charge on any atom is 0.225 e. The van der Waals surface area contributed by atoms with Gasteiger partial charge in [0.15, 0.2) is 0 Å². The summed E-state index contributed by atoms with van der Waals surface area (Å²) >= 11 is 7.90. The molecule has 1 saturated carbocycles. The van der Waals surface area contributed by atoms with Crippen molar-refractivity contribution in [3.05, 3.63) is 11.6 Å². The quantitative estimate of drug-likeness (QED) is 0.784. The summed E-state index contributed by atoms with van der Waals surface area (Å²) in [6.45, 7) is 0. The van der Waals surface area contributed by atoms with Gasteiger partial charge in [0.1, 0.15) is 6.33 Å². The maximum absolute atomic E-state index is 5.93. The molecule has 14 heavy (non-hydrogen) atoms. The Morgan fingerprint density at radius 3 is 2.64 bits per heavy atom. The molecule has 1 fully saturated rings. The zero-order valence-corrected chi connectivity index (χ0v) is 9.76. The van der Waals surface area contributed by atoms with Crippen LogP contribution < -0.4 is 0 Å². The van der Waals surface area contributed by atoms with Crippen LogP contribution in [0.3, 0.4) is 0 Å². The van der Waals surface area contributed by atoms with Gasteiger partial charge >= 0.3 is 0 Å². The van der Waals surface area contributed by atoms with E-state index in [0.717, 1.165) is 5.25 Å². The van der Waals surface area contributed by atoms with E-state index in [1.807, 2.05) is 16.3 Å². The van der Waals surface area contributed by atoms with E-state index >= 15 is 0 Å². The van der Waals surface area contributed by atoms with E-state index in [2.05, 4.69) is 16.5 Å². The first-order valence-corrected chi connectivity index (χ1v) is 6.55. The molecule has 0 radical (unpaired) electrons. The number of rotatable bonds is 2. The van der Waals surface area contributed by atoms with Crippen molar-refractivity contribution >= 4 is 23.4 Å². The zero-order chi connectivity index (χ0) is 9.97. The molecule has 1 aliphatic carbocycles. The smallest absolute Gasteiger partial charge is 0.225 e. The van der Waals surface area contributed by atoms with E-state index in [-0.39, 0.29) is 0 Å². The molecule has 0 atom stereocenters. The highest BCUT2D eigenvalue weighted by molar-refractivity contribution is 7.99. The first-order chi connectivity index (χ1) is 6.81. The molecule has 0 amide bonds. The Kier molecular flexibility index (Phi) is 3.34. The Morgan fingerprint density at radius 1 is 1.43 bits per heavy atom. The summed E-state index contributed by atoms with van der Waals surface area (Å²) in [5.41, 5.74) is 0. The van der Waals surface area contributed by atoms with Gasteiger partial charge in [-0.15, -0.1) is 10.2 Å². The molecule has 0 unspecified atom stereocenters. The van der Waals surface area contributed by atoms with E-state index < -0.39 is 0 Å². The molecule has 0 aliphatic heterocycles. The van der Waals surface area contributed by atoms with E-state index in [1.165, 1.54) is 25.7 Å². The zero-order valence-electron chi connectivity index (χ0n) is 8.19. The summed E-state index contributed by atoms with van der Waals surface area (Å²) in [6.07, 6.45) is 8.89. The third-order valence-electron chi connectivity index (χ3n) is 2.90. The molecule has 5 heteroatoms. The molecular weight excluding hydrogens is 218 g/mol. The van der Waals surface area contributed by atoms with Gasteiger partial charge in [0.25, 0.3) is 0 Å². The monoisotopic (exact) mass is 231 g/mol. The van der Waals surface area contributed by atoms with Gasteiger partial charge < -0.3 is 4.57 Å². The number of thioether (sulfide) groups is 1. The van der Waals surface area contributed by atoms with Crippen molar-refractivity contribution < 1.29 is 0 Å². The van der Waals surface area contributed by atoms with Gasteiger partial charge in [-0.25, -0.2) is 0 Å². The highest BCUT2D eigenvalue weighted by Crippen LogP contribution is 2.34. The van der Waals surface area contributed by atoms with Crippen molar-refractivity contribution in [2.45, 2.75) is 37.0 Å². The molecule has 1 aliphatic rings. The lowest BCUT2D eigenvalue weighted by Crippen LogP contribution is -2.19. The van der Waals surface area contributed by atoms with Crippen molar-refractivity contribution in [1.29, 1.82) is 0 Å². The first kappa shape index (κ1) is 10.3. The molecule has 0 aromatic carbocycles. The van der Waals surface area contributed by atoms with Gasteiger partial charge in [0.05, 0.1) is 0 Å². The Balaban J connectivity index is 1.99. The fourth-order valence-electron chi connectivity index (χ4n) is 2.03. The molecule has 1 aromatic rings. The largest absolute Gasteiger partial charge is 0.301 e. The highest BCUT2D eigenvalue weighted by Gasteiger charge is 2.22. The Bertz CT molecular complexity index is 294. The topological polar surface area (TPSA) is 30.7 Å². The van der Waals surface area contributed by atoms with Gasteiger partial charge in [0, 0.05) is 11.3 Å². The van der Waals surface area contributed by atoms with Crippen LogP contribution in [0.25, 0.3) is 0 Å². The first-order valence-electron chi connectivity index (χ1n) is 4.89. The van der Waals surface area contributed by atoms with Crippen molar-refractivity contribution in [2.75, 3.05) is 6.26 Å². The number of nitrogens with zero attached hydrogens (tertiary/aromatic N) is 3. The Morgan fingerprint density at radius 2 is 2.14 bits per heavy atom. The second-order valence-corrected chi connectivity index (χ2v) is 5.15. The van der Waals surface area contributed by atoms with Crippen LogP contribution in [0.1, 0.15) is 31.7 Å². The van der Waals surface area contributed by atoms with Crippen molar-refractivity contribution in [2.24, 2.45) is 0 Å². The van der Waals surface area contributed by atoms with E-state index in [4.69, 9.17) is 11.6 Å². The standard InChI is InChI=1S/C9H14ClN3S/c1-14-8-4-2-7(3-5-8)13-6-11-12-9(13)10/h6-8H,2-5H2,1H3. The normalized spacial score (nSPS) is 27.9. The number of hydrogen-bond donors (Lipinski definition) is 0. The minimum atomic E-state index is 0.515. The Labute approximate surface area is 93.2 Å². The third kappa shape index (κ3) is 2.06. The summed E-state index contributed by atoms with van der Waals surface area (Å²) in [5.74, 6) is 0. The second kappa shape index (κ2) is 4.53. The predicted molar refractivity (Wildman–Crippen MR) is 59.8 cm³/mol. The summed E-state index contributed by atoms with van der Waals surface area (Å²) in [5, 5.41) is 8.98. The molecule has 0 spiro atoms. The molecule has 0 bridgehead atoms. The van der Waals surface area contributed by atoms with Gasteiger partial charge in [-0.05, 0) is 43.5 Å². The molecule has 78 valence electrons. The predicted octanol–water partition coefficient (Wildman–Crippen LogP) is 2.78. The number of halogens is 1. The van der Waals surface area contributed by atoms with Gasteiger partial charge in [-0.3, -0.25) is 0 Å². The molecule has 0 saturated heterocycles. The fourth-order valence-corrected chi connectivity index (χ4v) is 3.00. The Hall–Kier alpha value is -0.220. The van der Waals surface area contributed by atoms with Crippen LogP contribution in [0.4, 0.5) is 0 Å². The van der Waals surface area contributed by atoms with E-state index in [9.17, 15) is 0 Å². The second-order valence-electron chi connectivity index (χ2n) is 3.67. The van der Waals surface area contributed by atoms with Gasteiger partial charge in [-0.1, -0.05) is 0 Å². The van der Waals surface area contributed by atoms with E-state index in [0.29, 0.717) is 11.3 Å². The van der Waals surface area contributed by atoms with Crippen LogP contribution in [0.5, 0.6) is 0 Å². The molecule has 3 nitrogen and oxygen atoms in total. The van der Waals surface area contributed by atoms with Gasteiger partial charge in [0.2, 0.25) is 5.28 Å². The van der Waals surface area contributed by atoms with Crippen molar-refractivity contribution in [1.82, 2.24) is 14.8 Å². The maximum atomic E-state index is 5.93. The molecule has 1 heterocycles. The minimum absolute atomic E-state index is 0.515. The lowest BCUT2D eigenvalue weighted by molar-refractivity contribution is 0.359. The SMILES string of the molecule is CSC1CCC(n2cnnc2Cl)CC1. The average molecular weight is 232 g/mol. The van der Waals surface area contributed by atoms with E-state index in [1.54, 1.807) is 6.33 Å². The summed E-state index contributed by atoms with van der Waals surface area (Å²) in [4.78, 5) is 0. The summed E-state index contributed by atoms with van der Waals surface area (Å²) in [6, 6.07) is 0.515. The lowest BCUT2D eigenvalue weighted by atomic mass is 9.95. The van der Waals surface area contributed by atoms with Crippen LogP contribution in [0.15, 0.2) is 6.33 Å². The minimum Gasteiger partial charge on any atom is -0.301 e. The van der Waals surface area contributed by atoms with Crippen molar-refractivity contribution in [3.63, 3.8) is 0 Å². The molecular formula is C9H14ClN3S. The lowest BCUT2D eigenvalue weighted by Gasteiger charge is -2.28. The van der Waals surface area contributed by atoms with Gasteiger partial charge in [-0.2, -0.15) is 11.8 Å². The summed E-state index contributed by atoms with van der Waals surface area (Å²) in [7, 11) is 0. The molecule has 0 N–H and O–H groups in total. The number of hydrogen-bond acceptors (Lipinski definition) is 3. The van der Waals surface area contributed by atoms with Crippen LogP contribution in [0, 0.1) is 0 Å².